The van der Waals surface area contributed by atoms with Gasteiger partial charge in [0, 0.05) is 37.8 Å². The zero-order valence-corrected chi connectivity index (χ0v) is 29.7. The Labute approximate surface area is 292 Å². The second kappa shape index (κ2) is 18.7. The number of rotatable bonds is 19. The van der Waals surface area contributed by atoms with Crippen molar-refractivity contribution >= 4 is 46.9 Å². The number of hydrogen-bond acceptors (Lipinski definition) is 12. The van der Waals surface area contributed by atoms with Gasteiger partial charge in [0.2, 0.25) is 11.6 Å². The molecule has 12 nitrogen and oxygen atoms in total. The van der Waals surface area contributed by atoms with Crippen molar-refractivity contribution in [2.45, 2.75) is 105 Å². The molecule has 2 aromatic carbocycles. The second-order valence-electron chi connectivity index (χ2n) is 12.1. The highest BCUT2D eigenvalue weighted by Gasteiger charge is 2.47. The Morgan fingerprint density at radius 1 is 0.600 bits per heavy atom. The third-order valence-electron chi connectivity index (χ3n) is 8.21. The monoisotopic (exact) mass is 690 g/mol. The Morgan fingerprint density at radius 3 is 1.42 bits per heavy atom. The SMILES string of the molecule is CCCC/C(=N\OC(C)=O)C(=O)c1ccc2c(c1)C(COC(=O)CC)(COC(=O)CCC)c1cc(C(=O)/C(CCCC)=N/OC(C)=O)ccc1-2. The Morgan fingerprint density at radius 2 is 1.04 bits per heavy atom. The predicted octanol–water partition coefficient (Wildman–Crippen LogP) is 6.83. The number of fused-ring (bicyclic) bond motifs is 3. The van der Waals surface area contributed by atoms with E-state index in [1.54, 1.807) is 43.3 Å². The van der Waals surface area contributed by atoms with Gasteiger partial charge in [-0.2, -0.15) is 0 Å². The number of nitrogens with zero attached hydrogens (tertiary/aromatic N) is 2. The summed E-state index contributed by atoms with van der Waals surface area (Å²) in [6.07, 6.45) is 4.14. The lowest BCUT2D eigenvalue weighted by Gasteiger charge is -2.31. The molecule has 0 aliphatic heterocycles. The first-order valence-electron chi connectivity index (χ1n) is 17.1. The number of carbonyl (C=O) groups excluding carboxylic acids is 6. The van der Waals surface area contributed by atoms with Gasteiger partial charge in [0.1, 0.15) is 24.6 Å². The molecule has 0 saturated carbocycles. The molecule has 50 heavy (non-hydrogen) atoms. The van der Waals surface area contributed by atoms with Crippen molar-refractivity contribution < 1.29 is 47.9 Å². The highest BCUT2D eigenvalue weighted by atomic mass is 16.7. The van der Waals surface area contributed by atoms with Crippen LogP contribution < -0.4 is 0 Å². The van der Waals surface area contributed by atoms with Gasteiger partial charge in [-0.25, -0.2) is 9.59 Å². The molecule has 12 heteroatoms. The Bertz CT molecular complexity index is 1570. The van der Waals surface area contributed by atoms with E-state index in [4.69, 9.17) is 19.1 Å². The van der Waals surface area contributed by atoms with Crippen molar-refractivity contribution in [3.8, 4) is 11.1 Å². The van der Waals surface area contributed by atoms with Gasteiger partial charge in [-0.05, 0) is 66.5 Å². The predicted molar refractivity (Wildman–Crippen MR) is 186 cm³/mol. The number of ether oxygens (including phenoxy) is 2. The molecule has 0 heterocycles. The largest absolute Gasteiger partial charge is 0.464 e. The molecule has 1 aliphatic carbocycles. The molecule has 0 atom stereocenters. The molecule has 3 rings (SSSR count). The molecule has 0 spiro atoms. The van der Waals surface area contributed by atoms with E-state index < -0.39 is 40.9 Å². The first kappa shape index (κ1) is 39.4. The molecule has 0 aromatic heterocycles. The van der Waals surface area contributed by atoms with E-state index in [0.29, 0.717) is 41.5 Å². The van der Waals surface area contributed by atoms with E-state index in [2.05, 4.69) is 10.3 Å². The van der Waals surface area contributed by atoms with Crippen LogP contribution in [0.1, 0.15) is 131 Å². The van der Waals surface area contributed by atoms with Gasteiger partial charge in [-0.1, -0.05) is 75.1 Å². The van der Waals surface area contributed by atoms with Crippen LogP contribution in [0.15, 0.2) is 46.7 Å². The molecular formula is C38H46N2O10. The first-order chi connectivity index (χ1) is 23.9. The van der Waals surface area contributed by atoms with Crippen LogP contribution in [0.3, 0.4) is 0 Å². The van der Waals surface area contributed by atoms with Crippen molar-refractivity contribution in [1.29, 1.82) is 0 Å². The molecular weight excluding hydrogens is 644 g/mol. The fraction of sp³-hybridized carbons (Fsp3) is 0.474. The van der Waals surface area contributed by atoms with Crippen LogP contribution in [0.5, 0.6) is 0 Å². The van der Waals surface area contributed by atoms with E-state index >= 15 is 0 Å². The van der Waals surface area contributed by atoms with Crippen molar-refractivity contribution in [3.63, 3.8) is 0 Å². The fourth-order valence-corrected chi connectivity index (χ4v) is 5.58. The normalized spacial score (nSPS) is 15.1. The number of carbonyl (C=O) groups is 6. The number of esters is 2. The Balaban J connectivity index is 2.27. The van der Waals surface area contributed by atoms with Crippen molar-refractivity contribution in [2.24, 2.45) is 10.3 Å². The van der Waals surface area contributed by atoms with Crippen molar-refractivity contribution in [1.82, 2.24) is 0 Å². The Kier molecular flexibility index (Phi) is 14.7. The third-order valence-corrected chi connectivity index (χ3v) is 8.21. The zero-order chi connectivity index (χ0) is 36.8. The third kappa shape index (κ3) is 9.79. The smallest absolute Gasteiger partial charge is 0.331 e. The van der Waals surface area contributed by atoms with Gasteiger partial charge >= 0.3 is 23.9 Å². The summed E-state index contributed by atoms with van der Waals surface area (Å²) in [4.78, 5) is 85.8. The minimum absolute atomic E-state index is 0.0643. The number of benzene rings is 2. The van der Waals surface area contributed by atoms with Gasteiger partial charge in [0.15, 0.2) is 0 Å². The molecule has 1 aliphatic rings. The molecule has 0 bridgehead atoms. The summed E-state index contributed by atoms with van der Waals surface area (Å²) < 4.78 is 11.6. The second-order valence-corrected chi connectivity index (χ2v) is 12.1. The summed E-state index contributed by atoms with van der Waals surface area (Å²) in [5.41, 5.74) is 1.72. The molecule has 268 valence electrons. The highest BCUT2D eigenvalue weighted by Crippen LogP contribution is 2.50. The summed E-state index contributed by atoms with van der Waals surface area (Å²) in [6, 6.07) is 10.1. The van der Waals surface area contributed by atoms with Crippen LogP contribution >= 0.6 is 0 Å². The van der Waals surface area contributed by atoms with Crippen LogP contribution in [0, 0.1) is 0 Å². The summed E-state index contributed by atoms with van der Waals surface area (Å²) in [6.45, 7) is 9.28. The summed E-state index contributed by atoms with van der Waals surface area (Å²) >= 11 is 0. The number of hydrogen-bond donors (Lipinski definition) is 0. The lowest BCUT2D eigenvalue weighted by Crippen LogP contribution is -2.38. The zero-order valence-electron chi connectivity index (χ0n) is 29.7. The minimum Gasteiger partial charge on any atom is -0.464 e. The number of Topliss-reactive ketones (excluding diaryl/α,β-unsaturated/α-hetero) is 2. The summed E-state index contributed by atoms with van der Waals surface area (Å²) in [7, 11) is 0. The first-order valence-corrected chi connectivity index (χ1v) is 17.1. The number of ketones is 2. The maximum Gasteiger partial charge on any atom is 0.331 e. The summed E-state index contributed by atoms with van der Waals surface area (Å²) in [5, 5.41) is 7.70. The van der Waals surface area contributed by atoms with E-state index in [1.165, 1.54) is 13.8 Å². The van der Waals surface area contributed by atoms with Crippen LogP contribution in [-0.2, 0) is 43.7 Å². The molecule has 0 unspecified atom stereocenters. The highest BCUT2D eigenvalue weighted by molar-refractivity contribution is 6.46. The van der Waals surface area contributed by atoms with E-state index in [9.17, 15) is 28.8 Å². The molecule has 0 N–H and O–H groups in total. The summed E-state index contributed by atoms with van der Waals surface area (Å²) in [5.74, 6) is -3.21. The van der Waals surface area contributed by atoms with Crippen molar-refractivity contribution in [3.05, 3.63) is 58.7 Å². The average Bonchev–Trinajstić information content (AvgIpc) is 3.37. The van der Waals surface area contributed by atoms with Gasteiger partial charge in [-0.3, -0.25) is 19.2 Å². The van der Waals surface area contributed by atoms with Gasteiger partial charge in [-0.15, -0.1) is 0 Å². The minimum atomic E-state index is -1.32. The van der Waals surface area contributed by atoms with Crippen LogP contribution in [0.2, 0.25) is 0 Å². The topological polar surface area (TPSA) is 164 Å². The number of oxime groups is 2. The maximum absolute atomic E-state index is 13.8. The van der Waals surface area contributed by atoms with E-state index in [0.717, 1.165) is 12.8 Å². The van der Waals surface area contributed by atoms with E-state index in [-0.39, 0.29) is 61.4 Å². The lowest BCUT2D eigenvalue weighted by atomic mass is 9.78. The lowest BCUT2D eigenvalue weighted by molar-refractivity contribution is -0.149. The molecule has 0 radical (unpaired) electrons. The maximum atomic E-state index is 13.8. The number of unbranched alkanes of at least 4 members (excludes halogenated alkanes) is 2. The molecule has 0 amide bonds. The van der Waals surface area contributed by atoms with Crippen LogP contribution in [0.25, 0.3) is 11.1 Å². The van der Waals surface area contributed by atoms with Crippen LogP contribution in [-0.4, -0.2) is 60.1 Å². The quantitative estimate of drug-likeness (QED) is 0.0501. The van der Waals surface area contributed by atoms with E-state index in [1.807, 2.05) is 20.8 Å². The van der Waals surface area contributed by atoms with Gasteiger partial charge in [0.25, 0.3) is 0 Å². The van der Waals surface area contributed by atoms with Gasteiger partial charge < -0.3 is 19.1 Å². The van der Waals surface area contributed by atoms with Gasteiger partial charge in [0.05, 0.1) is 5.41 Å². The fourth-order valence-electron chi connectivity index (χ4n) is 5.58. The van der Waals surface area contributed by atoms with Crippen molar-refractivity contribution in [2.75, 3.05) is 13.2 Å². The standard InChI is InChI=1S/C38H46N2O10/c1-7-11-14-32(39-49-24(5)41)36(45)26-16-18-28-29-19-17-27(37(46)33(15-12-8-2)40-50-25(6)42)21-31(29)38(30(28)20-26,22-47-34(43)10-4)23-48-35(44)13-9-3/h16-21H,7-15,22-23H2,1-6H3/b39-32+,40-33+. The molecule has 0 saturated heterocycles. The molecule has 0 fully saturated rings. The average molecular weight is 691 g/mol. The molecule has 2 aromatic rings. The Hall–Kier alpha value is -5.00. The van der Waals surface area contributed by atoms with Crippen LogP contribution in [0.4, 0.5) is 0 Å².